The van der Waals surface area contributed by atoms with Crippen molar-refractivity contribution in [3.8, 4) is 0 Å². The molecule has 0 fully saturated rings. The lowest BCUT2D eigenvalue weighted by Gasteiger charge is -2.31. The highest BCUT2D eigenvalue weighted by atomic mass is 16.6. The molecular weight excluding hydrogens is 334 g/mol. The van der Waals surface area contributed by atoms with Crippen LogP contribution in [0.4, 0.5) is 16.2 Å². The van der Waals surface area contributed by atoms with E-state index in [2.05, 4.69) is 4.98 Å². The molecule has 0 saturated heterocycles. The number of hydrogen-bond acceptors (Lipinski definition) is 5. The van der Waals surface area contributed by atoms with Crippen LogP contribution < -0.4 is 10.6 Å². The SMILES string of the molecule is CC(C)(C)OC(=O)N(c1ccc(N)cc1)C(Cc1ccccn1)C(=O)O. The summed E-state index contributed by atoms with van der Waals surface area (Å²) in [5, 5.41) is 9.77. The first-order chi connectivity index (χ1) is 12.2. The van der Waals surface area contributed by atoms with Gasteiger partial charge in [-0.2, -0.15) is 0 Å². The summed E-state index contributed by atoms with van der Waals surface area (Å²) < 4.78 is 5.43. The quantitative estimate of drug-likeness (QED) is 0.797. The minimum Gasteiger partial charge on any atom is -0.480 e. The Bertz CT molecular complexity index is 755. The van der Waals surface area contributed by atoms with Crippen molar-refractivity contribution < 1.29 is 19.4 Å². The summed E-state index contributed by atoms with van der Waals surface area (Å²) in [6, 6.07) is 10.4. The van der Waals surface area contributed by atoms with E-state index in [1.807, 2.05) is 0 Å². The maximum absolute atomic E-state index is 12.8. The first-order valence-electron chi connectivity index (χ1n) is 8.18. The molecule has 3 N–H and O–H groups in total. The van der Waals surface area contributed by atoms with E-state index in [0.717, 1.165) is 4.90 Å². The smallest absolute Gasteiger partial charge is 0.415 e. The van der Waals surface area contributed by atoms with Crippen molar-refractivity contribution in [3.05, 3.63) is 54.4 Å². The van der Waals surface area contributed by atoms with Crippen LogP contribution in [-0.2, 0) is 16.0 Å². The molecule has 1 heterocycles. The average Bonchev–Trinajstić information content (AvgIpc) is 2.55. The van der Waals surface area contributed by atoms with Crippen molar-refractivity contribution in [3.63, 3.8) is 0 Å². The fourth-order valence-electron chi connectivity index (χ4n) is 2.36. The van der Waals surface area contributed by atoms with Gasteiger partial charge in [0.25, 0.3) is 0 Å². The summed E-state index contributed by atoms with van der Waals surface area (Å²) in [5.41, 5.74) is 6.39. The Balaban J connectivity index is 2.43. The number of nitrogen functional groups attached to an aromatic ring is 1. The second-order valence-electron chi connectivity index (χ2n) is 6.82. The van der Waals surface area contributed by atoms with Gasteiger partial charge in [-0.15, -0.1) is 0 Å². The van der Waals surface area contributed by atoms with Crippen LogP contribution in [0.5, 0.6) is 0 Å². The summed E-state index contributed by atoms with van der Waals surface area (Å²) in [6.07, 6.45) is 0.875. The minimum absolute atomic E-state index is 0.0415. The zero-order chi connectivity index (χ0) is 19.3. The van der Waals surface area contributed by atoms with Crippen molar-refractivity contribution in [1.82, 2.24) is 4.98 Å². The molecule has 138 valence electrons. The van der Waals surface area contributed by atoms with Crippen LogP contribution >= 0.6 is 0 Å². The lowest BCUT2D eigenvalue weighted by molar-refractivity contribution is -0.138. The number of ether oxygens (including phenoxy) is 1. The Labute approximate surface area is 152 Å². The van der Waals surface area contributed by atoms with Crippen LogP contribution in [-0.4, -0.2) is 33.8 Å². The molecule has 0 aliphatic carbocycles. The summed E-state index contributed by atoms with van der Waals surface area (Å²) in [4.78, 5) is 30.0. The van der Waals surface area contributed by atoms with Crippen LogP contribution in [0, 0.1) is 0 Å². The molecule has 26 heavy (non-hydrogen) atoms. The molecule has 0 radical (unpaired) electrons. The maximum Gasteiger partial charge on any atom is 0.415 e. The highest BCUT2D eigenvalue weighted by Gasteiger charge is 2.34. The van der Waals surface area contributed by atoms with Crippen molar-refractivity contribution in [2.24, 2.45) is 0 Å². The van der Waals surface area contributed by atoms with Gasteiger partial charge < -0.3 is 15.6 Å². The maximum atomic E-state index is 12.8. The number of carboxylic acids is 1. The van der Waals surface area contributed by atoms with E-state index in [0.29, 0.717) is 17.1 Å². The van der Waals surface area contributed by atoms with Gasteiger partial charge in [-0.1, -0.05) is 6.07 Å². The van der Waals surface area contributed by atoms with Gasteiger partial charge in [0.05, 0.1) is 0 Å². The molecule has 0 bridgehead atoms. The van der Waals surface area contributed by atoms with Crippen LogP contribution in [0.2, 0.25) is 0 Å². The third-order valence-corrected chi connectivity index (χ3v) is 3.49. The van der Waals surface area contributed by atoms with Crippen LogP contribution in [0.1, 0.15) is 26.5 Å². The Morgan fingerprint density at radius 1 is 1.19 bits per heavy atom. The molecular formula is C19H23N3O4. The van der Waals surface area contributed by atoms with Gasteiger partial charge in [-0.05, 0) is 57.2 Å². The molecule has 7 heteroatoms. The number of pyridine rings is 1. The molecule has 1 atom stereocenters. The molecule has 0 aliphatic rings. The number of carbonyl (C=O) groups excluding carboxylic acids is 1. The van der Waals surface area contributed by atoms with E-state index in [9.17, 15) is 14.7 Å². The van der Waals surface area contributed by atoms with Crippen LogP contribution in [0.3, 0.4) is 0 Å². The molecule has 1 aromatic carbocycles. The second kappa shape index (κ2) is 7.86. The largest absolute Gasteiger partial charge is 0.480 e. The summed E-state index contributed by atoms with van der Waals surface area (Å²) in [5.74, 6) is -1.15. The van der Waals surface area contributed by atoms with E-state index in [-0.39, 0.29) is 6.42 Å². The fourth-order valence-corrected chi connectivity index (χ4v) is 2.36. The Kier molecular flexibility index (Phi) is 5.82. The highest BCUT2D eigenvalue weighted by molar-refractivity contribution is 5.95. The average molecular weight is 357 g/mol. The second-order valence-corrected chi connectivity index (χ2v) is 6.82. The molecule has 1 unspecified atom stereocenters. The summed E-state index contributed by atoms with van der Waals surface area (Å²) >= 11 is 0. The molecule has 0 spiro atoms. The number of nitrogens with zero attached hydrogens (tertiary/aromatic N) is 2. The molecule has 2 aromatic rings. The number of carboxylic acid groups (broad SMARTS) is 1. The number of carbonyl (C=O) groups is 2. The molecule has 0 saturated carbocycles. The van der Waals surface area contributed by atoms with E-state index in [1.165, 1.54) is 0 Å². The number of amides is 1. The predicted molar refractivity (Wildman–Crippen MR) is 98.9 cm³/mol. The van der Waals surface area contributed by atoms with Crippen LogP contribution in [0.15, 0.2) is 48.7 Å². The van der Waals surface area contributed by atoms with Crippen LogP contribution in [0.25, 0.3) is 0 Å². The minimum atomic E-state index is -1.18. The van der Waals surface area contributed by atoms with E-state index in [4.69, 9.17) is 10.5 Å². The molecule has 1 aromatic heterocycles. The van der Waals surface area contributed by atoms with Gasteiger partial charge in [0, 0.05) is 29.7 Å². The number of nitrogens with two attached hydrogens (primary N) is 1. The van der Waals surface area contributed by atoms with E-state index >= 15 is 0 Å². The van der Waals surface area contributed by atoms with E-state index < -0.39 is 23.7 Å². The number of aromatic nitrogens is 1. The molecule has 0 aliphatic heterocycles. The van der Waals surface area contributed by atoms with E-state index in [1.54, 1.807) is 69.4 Å². The van der Waals surface area contributed by atoms with Gasteiger partial charge in [0.1, 0.15) is 11.6 Å². The lowest BCUT2D eigenvalue weighted by Crippen LogP contribution is -2.48. The normalized spacial score (nSPS) is 12.3. The summed E-state index contributed by atoms with van der Waals surface area (Å²) in [6.45, 7) is 5.17. The molecule has 7 nitrogen and oxygen atoms in total. The standard InChI is InChI=1S/C19H23N3O4/c1-19(2,3)26-18(25)22(15-9-7-13(20)8-10-15)16(17(23)24)12-14-6-4-5-11-21-14/h4-11,16H,12,20H2,1-3H3,(H,23,24). The fraction of sp³-hybridized carbons (Fsp3) is 0.316. The molecule has 1 amide bonds. The first-order valence-corrected chi connectivity index (χ1v) is 8.18. The van der Waals surface area contributed by atoms with Gasteiger partial charge in [-0.3, -0.25) is 9.88 Å². The number of benzene rings is 1. The van der Waals surface area contributed by atoms with Crippen molar-refractivity contribution in [2.75, 3.05) is 10.6 Å². The lowest BCUT2D eigenvalue weighted by atomic mass is 10.1. The number of hydrogen-bond donors (Lipinski definition) is 2. The molecule has 2 rings (SSSR count). The zero-order valence-electron chi connectivity index (χ0n) is 15.0. The Hall–Kier alpha value is -3.09. The topological polar surface area (TPSA) is 106 Å². The van der Waals surface area contributed by atoms with Gasteiger partial charge in [0.15, 0.2) is 0 Å². The number of rotatable bonds is 5. The third kappa shape index (κ3) is 5.20. The van der Waals surface area contributed by atoms with Gasteiger partial charge in [0.2, 0.25) is 0 Å². The third-order valence-electron chi connectivity index (χ3n) is 3.49. The van der Waals surface area contributed by atoms with Crippen molar-refractivity contribution >= 4 is 23.4 Å². The van der Waals surface area contributed by atoms with Crippen molar-refractivity contribution in [2.45, 2.75) is 38.8 Å². The van der Waals surface area contributed by atoms with Crippen molar-refractivity contribution in [1.29, 1.82) is 0 Å². The number of anilines is 2. The number of aliphatic carboxylic acids is 1. The summed E-state index contributed by atoms with van der Waals surface area (Å²) in [7, 11) is 0. The predicted octanol–water partition coefficient (Wildman–Crippen LogP) is 3.10. The monoisotopic (exact) mass is 357 g/mol. The van der Waals surface area contributed by atoms with Gasteiger partial charge in [-0.25, -0.2) is 9.59 Å². The first kappa shape index (κ1) is 19.2. The Morgan fingerprint density at radius 2 is 1.85 bits per heavy atom. The Morgan fingerprint density at radius 3 is 2.35 bits per heavy atom. The van der Waals surface area contributed by atoms with Gasteiger partial charge >= 0.3 is 12.1 Å². The highest BCUT2D eigenvalue weighted by Crippen LogP contribution is 2.24. The zero-order valence-corrected chi connectivity index (χ0v) is 15.0.